The van der Waals surface area contributed by atoms with Gasteiger partial charge in [-0.15, -0.1) is 0 Å². The number of nitrogens with zero attached hydrogens (tertiary/aromatic N) is 1. The average molecular weight is 206 g/mol. The maximum absolute atomic E-state index is 4.37. The minimum Gasteiger partial charge on any atom is -0.316 e. The van der Waals surface area contributed by atoms with Gasteiger partial charge in [0.25, 0.3) is 0 Å². The molecule has 0 saturated carbocycles. The number of hydrogen-bond acceptors (Lipinski definition) is 2. The van der Waals surface area contributed by atoms with E-state index in [-0.39, 0.29) is 0 Å². The normalized spacial score (nSPS) is 14.9. The highest BCUT2D eigenvalue weighted by atomic mass is 14.9. The van der Waals surface area contributed by atoms with Crippen molar-refractivity contribution in [1.82, 2.24) is 10.3 Å². The van der Waals surface area contributed by atoms with Gasteiger partial charge in [0.1, 0.15) is 0 Å². The molecular formula is C13H22N2. The predicted molar refractivity (Wildman–Crippen MR) is 64.9 cm³/mol. The second kappa shape index (κ2) is 6.57. The summed E-state index contributed by atoms with van der Waals surface area (Å²) in [5.41, 5.74) is 1.18. The third kappa shape index (κ3) is 4.00. The quantitative estimate of drug-likeness (QED) is 0.774. The van der Waals surface area contributed by atoms with Crippen LogP contribution in [0.15, 0.2) is 24.4 Å². The van der Waals surface area contributed by atoms with Crippen LogP contribution < -0.4 is 5.32 Å². The Balaban J connectivity index is 2.53. The lowest BCUT2D eigenvalue weighted by molar-refractivity contribution is 0.369. The van der Waals surface area contributed by atoms with Crippen molar-refractivity contribution in [1.29, 1.82) is 0 Å². The molecule has 0 saturated heterocycles. The van der Waals surface area contributed by atoms with Crippen LogP contribution in [0.1, 0.15) is 32.4 Å². The summed E-state index contributed by atoms with van der Waals surface area (Å²) in [6, 6.07) is 6.66. The van der Waals surface area contributed by atoms with Gasteiger partial charge in [0.15, 0.2) is 0 Å². The summed E-state index contributed by atoms with van der Waals surface area (Å²) in [5, 5.41) is 3.40. The molecule has 1 heterocycles. The minimum atomic E-state index is 0.542. The lowest BCUT2D eigenvalue weighted by atomic mass is 9.93. The van der Waals surface area contributed by atoms with Crippen LogP contribution in [0.25, 0.3) is 0 Å². The first-order valence-electron chi connectivity index (χ1n) is 5.85. The highest BCUT2D eigenvalue weighted by molar-refractivity contribution is 5.05. The summed E-state index contributed by atoms with van der Waals surface area (Å²) >= 11 is 0. The van der Waals surface area contributed by atoms with Gasteiger partial charge in [-0.25, -0.2) is 0 Å². The molecule has 0 bridgehead atoms. The van der Waals surface area contributed by atoms with E-state index in [1.54, 1.807) is 0 Å². The summed E-state index contributed by atoms with van der Waals surface area (Å²) in [4.78, 5) is 4.37. The molecule has 1 aromatic rings. The van der Waals surface area contributed by atoms with Crippen molar-refractivity contribution in [2.45, 2.75) is 39.2 Å². The van der Waals surface area contributed by atoms with Gasteiger partial charge < -0.3 is 5.32 Å². The standard InChI is InChI=1S/C13H22N2/c1-4-7-11(2)13(14-3)10-12-8-5-6-9-15-12/h5-6,8-9,11,13-14H,4,7,10H2,1-3H3. The molecule has 84 valence electrons. The van der Waals surface area contributed by atoms with Crippen LogP contribution in [0.5, 0.6) is 0 Å². The van der Waals surface area contributed by atoms with Gasteiger partial charge in [0.05, 0.1) is 0 Å². The Labute approximate surface area is 93.1 Å². The molecule has 2 atom stereocenters. The molecular weight excluding hydrogens is 184 g/mol. The fraction of sp³-hybridized carbons (Fsp3) is 0.615. The SMILES string of the molecule is CCCC(C)C(Cc1ccccn1)NC. The third-order valence-corrected chi connectivity index (χ3v) is 2.96. The zero-order valence-electron chi connectivity index (χ0n) is 10.0. The van der Waals surface area contributed by atoms with Crippen molar-refractivity contribution in [2.75, 3.05) is 7.05 Å². The maximum atomic E-state index is 4.37. The van der Waals surface area contributed by atoms with Gasteiger partial charge in [-0.3, -0.25) is 4.98 Å². The molecule has 2 unspecified atom stereocenters. The van der Waals surface area contributed by atoms with Crippen molar-refractivity contribution < 1.29 is 0 Å². The molecule has 0 radical (unpaired) electrons. The van der Waals surface area contributed by atoms with Crippen molar-refractivity contribution in [3.05, 3.63) is 30.1 Å². The lowest BCUT2D eigenvalue weighted by Crippen LogP contribution is -2.34. The fourth-order valence-electron chi connectivity index (χ4n) is 1.99. The first kappa shape index (κ1) is 12.2. The summed E-state index contributed by atoms with van der Waals surface area (Å²) in [6.07, 6.45) is 5.42. The van der Waals surface area contributed by atoms with Crippen molar-refractivity contribution in [3.8, 4) is 0 Å². The number of hydrogen-bond donors (Lipinski definition) is 1. The fourth-order valence-corrected chi connectivity index (χ4v) is 1.99. The van der Waals surface area contributed by atoms with E-state index in [0.29, 0.717) is 12.0 Å². The predicted octanol–water partition coefficient (Wildman–Crippen LogP) is 2.65. The molecule has 2 nitrogen and oxygen atoms in total. The van der Waals surface area contributed by atoms with E-state index in [1.807, 2.05) is 19.3 Å². The van der Waals surface area contributed by atoms with Gasteiger partial charge in [0.2, 0.25) is 0 Å². The Bertz CT molecular complexity index is 258. The number of nitrogens with one attached hydrogen (secondary N) is 1. The van der Waals surface area contributed by atoms with Gasteiger partial charge in [-0.2, -0.15) is 0 Å². The summed E-state index contributed by atoms with van der Waals surface area (Å²) < 4.78 is 0. The second-order valence-electron chi connectivity index (χ2n) is 4.19. The van der Waals surface area contributed by atoms with Crippen LogP contribution >= 0.6 is 0 Å². The Hall–Kier alpha value is -0.890. The van der Waals surface area contributed by atoms with Crippen molar-refractivity contribution in [3.63, 3.8) is 0 Å². The number of aromatic nitrogens is 1. The molecule has 0 aromatic carbocycles. The first-order chi connectivity index (χ1) is 7.27. The van der Waals surface area contributed by atoms with E-state index in [9.17, 15) is 0 Å². The highest BCUT2D eigenvalue weighted by Crippen LogP contribution is 2.13. The van der Waals surface area contributed by atoms with Crippen molar-refractivity contribution >= 4 is 0 Å². The molecule has 0 amide bonds. The third-order valence-electron chi connectivity index (χ3n) is 2.96. The van der Waals surface area contributed by atoms with Gasteiger partial charge in [-0.1, -0.05) is 26.3 Å². The first-order valence-corrected chi connectivity index (χ1v) is 5.85. The Morgan fingerprint density at radius 3 is 2.73 bits per heavy atom. The van der Waals surface area contributed by atoms with Gasteiger partial charge in [0, 0.05) is 24.4 Å². The topological polar surface area (TPSA) is 24.9 Å². The molecule has 1 rings (SSSR count). The molecule has 0 aliphatic heterocycles. The summed E-state index contributed by atoms with van der Waals surface area (Å²) in [6.45, 7) is 4.55. The zero-order valence-corrected chi connectivity index (χ0v) is 10.0. The molecule has 1 aromatic heterocycles. The largest absolute Gasteiger partial charge is 0.316 e. The van der Waals surface area contributed by atoms with Crippen LogP contribution in [0.2, 0.25) is 0 Å². The van der Waals surface area contributed by atoms with Crippen molar-refractivity contribution in [2.24, 2.45) is 5.92 Å². The Kier molecular flexibility index (Phi) is 5.33. The van der Waals surface area contributed by atoms with E-state index >= 15 is 0 Å². The number of pyridine rings is 1. The smallest absolute Gasteiger partial charge is 0.0419 e. The molecule has 0 fully saturated rings. The molecule has 0 spiro atoms. The Morgan fingerprint density at radius 1 is 1.40 bits per heavy atom. The second-order valence-corrected chi connectivity index (χ2v) is 4.19. The molecule has 15 heavy (non-hydrogen) atoms. The monoisotopic (exact) mass is 206 g/mol. The van der Waals surface area contributed by atoms with Crippen LogP contribution in [-0.2, 0) is 6.42 Å². The summed E-state index contributed by atoms with van der Waals surface area (Å²) in [7, 11) is 2.04. The average Bonchev–Trinajstić information content (AvgIpc) is 2.27. The molecule has 2 heteroatoms. The van der Waals surface area contributed by atoms with Gasteiger partial charge >= 0.3 is 0 Å². The van der Waals surface area contributed by atoms with E-state index < -0.39 is 0 Å². The van der Waals surface area contributed by atoms with E-state index in [2.05, 4.69) is 36.3 Å². The molecule has 0 aliphatic carbocycles. The number of rotatable bonds is 6. The maximum Gasteiger partial charge on any atom is 0.0419 e. The van der Waals surface area contributed by atoms with Crippen LogP contribution in [0, 0.1) is 5.92 Å². The van der Waals surface area contributed by atoms with Gasteiger partial charge in [-0.05, 0) is 31.5 Å². The Morgan fingerprint density at radius 2 is 2.20 bits per heavy atom. The summed E-state index contributed by atoms with van der Waals surface area (Å²) in [5.74, 6) is 0.710. The van der Waals surface area contributed by atoms with E-state index in [0.717, 1.165) is 6.42 Å². The number of likely N-dealkylation sites (N-methyl/N-ethyl adjacent to an activating group) is 1. The highest BCUT2D eigenvalue weighted by Gasteiger charge is 2.15. The molecule has 1 N–H and O–H groups in total. The lowest BCUT2D eigenvalue weighted by Gasteiger charge is -2.22. The van der Waals surface area contributed by atoms with Crippen LogP contribution in [0.4, 0.5) is 0 Å². The zero-order chi connectivity index (χ0) is 11.1. The van der Waals surface area contributed by atoms with E-state index in [1.165, 1.54) is 18.5 Å². The van der Waals surface area contributed by atoms with E-state index in [4.69, 9.17) is 0 Å². The van der Waals surface area contributed by atoms with Crippen LogP contribution in [0.3, 0.4) is 0 Å². The van der Waals surface area contributed by atoms with Crippen LogP contribution in [-0.4, -0.2) is 18.1 Å². The molecule has 0 aliphatic rings. The minimum absolute atomic E-state index is 0.542.